The Kier molecular flexibility index (Phi) is 5.40. The van der Waals surface area contributed by atoms with Gasteiger partial charge in [-0.15, -0.1) is 0 Å². The molecule has 1 aliphatic rings. The minimum absolute atomic E-state index is 0.0243. The molecule has 2 rings (SSSR count). The Hall–Kier alpha value is -1.35. The van der Waals surface area contributed by atoms with Gasteiger partial charge in [-0.3, -0.25) is 10.1 Å². The van der Waals surface area contributed by atoms with Gasteiger partial charge in [-0.2, -0.15) is 0 Å². The van der Waals surface area contributed by atoms with E-state index in [0.29, 0.717) is 0 Å². The van der Waals surface area contributed by atoms with Crippen molar-refractivity contribution in [1.29, 1.82) is 0 Å². The summed E-state index contributed by atoms with van der Waals surface area (Å²) >= 11 is 0. The molecule has 21 heavy (non-hydrogen) atoms. The molecule has 1 aromatic carbocycles. The Labute approximate surface area is 128 Å². The van der Waals surface area contributed by atoms with Gasteiger partial charge in [0.15, 0.2) is 0 Å². The van der Waals surface area contributed by atoms with Crippen LogP contribution in [-0.2, 0) is 4.79 Å². The number of hydrogen-bond acceptors (Lipinski definition) is 2. The van der Waals surface area contributed by atoms with Gasteiger partial charge in [0.2, 0.25) is 5.91 Å². The van der Waals surface area contributed by atoms with E-state index in [1.54, 1.807) is 0 Å². The first-order chi connectivity index (χ1) is 10.1. The third-order valence-electron chi connectivity index (χ3n) is 4.34. The van der Waals surface area contributed by atoms with Crippen LogP contribution >= 0.6 is 0 Å². The van der Waals surface area contributed by atoms with Gasteiger partial charge in [0.25, 0.3) is 0 Å². The Morgan fingerprint density at radius 1 is 1.19 bits per heavy atom. The maximum absolute atomic E-state index is 12.7. The maximum Gasteiger partial charge on any atom is 0.241 e. The number of carbonyl (C=O) groups excluding carboxylic acids is 1. The van der Waals surface area contributed by atoms with E-state index in [2.05, 4.69) is 62.2 Å². The highest BCUT2D eigenvalue weighted by Crippen LogP contribution is 2.30. The molecule has 1 aliphatic heterocycles. The number of aryl methyl sites for hydroxylation is 1. The van der Waals surface area contributed by atoms with Gasteiger partial charge in [0.1, 0.15) is 6.17 Å². The molecular weight excluding hydrogens is 260 g/mol. The number of rotatable bonds is 6. The topological polar surface area (TPSA) is 32.3 Å². The first-order valence-electron chi connectivity index (χ1n) is 8.23. The molecule has 0 spiro atoms. The van der Waals surface area contributed by atoms with Crippen molar-refractivity contribution in [3.63, 3.8) is 0 Å². The van der Waals surface area contributed by atoms with E-state index in [4.69, 9.17) is 0 Å². The zero-order valence-corrected chi connectivity index (χ0v) is 13.7. The van der Waals surface area contributed by atoms with E-state index in [1.165, 1.54) is 11.1 Å². The summed E-state index contributed by atoms with van der Waals surface area (Å²) in [5, 5.41) is 3.54. The summed E-state index contributed by atoms with van der Waals surface area (Å²) in [5.41, 5.74) is 2.44. The molecule has 1 N–H and O–H groups in total. The summed E-state index contributed by atoms with van der Waals surface area (Å²) in [4.78, 5) is 14.8. The second-order valence-corrected chi connectivity index (χ2v) is 6.20. The summed E-state index contributed by atoms with van der Waals surface area (Å²) in [6.07, 6.45) is 4.12. The van der Waals surface area contributed by atoms with Crippen LogP contribution in [0.25, 0.3) is 0 Å². The third-order valence-corrected chi connectivity index (χ3v) is 4.34. The first kappa shape index (κ1) is 16.0. The lowest BCUT2D eigenvalue weighted by molar-refractivity contribution is -0.132. The Morgan fingerprint density at radius 3 is 2.43 bits per heavy atom. The van der Waals surface area contributed by atoms with Gasteiger partial charge < -0.3 is 4.90 Å². The normalized spacial score (nSPS) is 23.6. The van der Waals surface area contributed by atoms with Crippen molar-refractivity contribution in [2.24, 2.45) is 0 Å². The van der Waals surface area contributed by atoms with Crippen LogP contribution in [0, 0.1) is 6.92 Å². The average molecular weight is 288 g/mol. The van der Waals surface area contributed by atoms with Crippen LogP contribution in [0.4, 0.5) is 0 Å². The standard InChI is InChI=1S/C18H28N2O/c1-5-7-14(4)20-17(15-11-9-13(3)10-12-15)19-16(8-6-2)18(20)21/h9-12,14,16-17,19H,5-8H2,1-4H3. The van der Waals surface area contributed by atoms with Gasteiger partial charge in [-0.1, -0.05) is 56.5 Å². The van der Waals surface area contributed by atoms with E-state index >= 15 is 0 Å². The number of amides is 1. The van der Waals surface area contributed by atoms with Crippen LogP contribution in [0.15, 0.2) is 24.3 Å². The van der Waals surface area contributed by atoms with Crippen molar-refractivity contribution in [2.45, 2.75) is 71.6 Å². The van der Waals surface area contributed by atoms with Crippen molar-refractivity contribution >= 4 is 5.91 Å². The Balaban J connectivity index is 2.26. The lowest BCUT2D eigenvalue weighted by Crippen LogP contribution is -2.38. The van der Waals surface area contributed by atoms with Gasteiger partial charge in [0, 0.05) is 6.04 Å². The van der Waals surface area contributed by atoms with E-state index in [0.717, 1.165) is 25.7 Å². The van der Waals surface area contributed by atoms with Crippen LogP contribution in [0.5, 0.6) is 0 Å². The first-order valence-corrected chi connectivity index (χ1v) is 8.23. The number of carbonyl (C=O) groups is 1. The lowest BCUT2D eigenvalue weighted by atomic mass is 10.1. The molecule has 3 unspecified atom stereocenters. The largest absolute Gasteiger partial charge is 0.319 e. The summed E-state index contributed by atoms with van der Waals surface area (Å²) in [6, 6.07) is 8.78. The fraction of sp³-hybridized carbons (Fsp3) is 0.611. The minimum atomic E-state index is -0.0272. The maximum atomic E-state index is 12.7. The number of nitrogens with zero attached hydrogens (tertiary/aromatic N) is 1. The van der Waals surface area contributed by atoms with E-state index in [-0.39, 0.29) is 24.2 Å². The summed E-state index contributed by atoms with van der Waals surface area (Å²) in [5.74, 6) is 0.267. The molecule has 1 saturated heterocycles. The molecule has 0 radical (unpaired) electrons. The number of hydrogen-bond donors (Lipinski definition) is 1. The molecule has 3 atom stereocenters. The zero-order chi connectivity index (χ0) is 15.4. The fourth-order valence-electron chi connectivity index (χ4n) is 3.18. The molecule has 0 saturated carbocycles. The molecule has 116 valence electrons. The molecule has 1 fully saturated rings. The zero-order valence-electron chi connectivity index (χ0n) is 13.7. The van der Waals surface area contributed by atoms with Gasteiger partial charge in [-0.25, -0.2) is 0 Å². The van der Waals surface area contributed by atoms with Gasteiger partial charge in [-0.05, 0) is 32.3 Å². The van der Waals surface area contributed by atoms with Crippen molar-refractivity contribution in [2.75, 3.05) is 0 Å². The van der Waals surface area contributed by atoms with E-state index in [1.807, 2.05) is 0 Å². The van der Waals surface area contributed by atoms with Crippen LogP contribution < -0.4 is 5.32 Å². The van der Waals surface area contributed by atoms with Crippen molar-refractivity contribution < 1.29 is 4.79 Å². The molecule has 0 aromatic heterocycles. The number of benzene rings is 1. The van der Waals surface area contributed by atoms with Crippen LogP contribution in [0.2, 0.25) is 0 Å². The SMILES string of the molecule is CCCC1NC(c2ccc(C)cc2)N(C(C)CCC)C1=O. The minimum Gasteiger partial charge on any atom is -0.319 e. The fourth-order valence-corrected chi connectivity index (χ4v) is 3.18. The predicted molar refractivity (Wildman–Crippen MR) is 87.0 cm³/mol. The molecule has 1 amide bonds. The monoisotopic (exact) mass is 288 g/mol. The summed E-state index contributed by atoms with van der Waals surface area (Å²) in [6.45, 7) is 8.57. The predicted octanol–water partition coefficient (Wildman–Crippen LogP) is 3.78. The van der Waals surface area contributed by atoms with Gasteiger partial charge in [0.05, 0.1) is 6.04 Å². The highest BCUT2D eigenvalue weighted by Gasteiger charge is 2.40. The second kappa shape index (κ2) is 7.08. The quantitative estimate of drug-likeness (QED) is 0.864. The second-order valence-electron chi connectivity index (χ2n) is 6.20. The van der Waals surface area contributed by atoms with Crippen molar-refractivity contribution in [3.05, 3.63) is 35.4 Å². The molecule has 1 aromatic rings. The molecule has 0 aliphatic carbocycles. The molecule has 3 heteroatoms. The summed E-state index contributed by atoms with van der Waals surface area (Å²) < 4.78 is 0. The van der Waals surface area contributed by atoms with E-state index in [9.17, 15) is 4.79 Å². The average Bonchev–Trinajstić information content (AvgIpc) is 2.78. The van der Waals surface area contributed by atoms with Crippen LogP contribution in [0.1, 0.15) is 63.7 Å². The number of nitrogens with one attached hydrogen (secondary N) is 1. The highest BCUT2D eigenvalue weighted by atomic mass is 16.2. The Morgan fingerprint density at radius 2 is 1.86 bits per heavy atom. The molecule has 3 nitrogen and oxygen atoms in total. The van der Waals surface area contributed by atoms with Crippen molar-refractivity contribution in [3.8, 4) is 0 Å². The highest BCUT2D eigenvalue weighted by molar-refractivity contribution is 5.84. The molecular formula is C18H28N2O. The summed E-state index contributed by atoms with van der Waals surface area (Å²) in [7, 11) is 0. The van der Waals surface area contributed by atoms with Gasteiger partial charge >= 0.3 is 0 Å². The van der Waals surface area contributed by atoms with Crippen LogP contribution in [-0.4, -0.2) is 22.9 Å². The molecule has 1 heterocycles. The lowest BCUT2D eigenvalue weighted by Gasteiger charge is -2.30. The third kappa shape index (κ3) is 3.46. The van der Waals surface area contributed by atoms with Crippen LogP contribution in [0.3, 0.4) is 0 Å². The smallest absolute Gasteiger partial charge is 0.241 e. The van der Waals surface area contributed by atoms with E-state index < -0.39 is 0 Å². The molecule has 0 bridgehead atoms. The van der Waals surface area contributed by atoms with Crippen molar-refractivity contribution in [1.82, 2.24) is 10.2 Å². The Bertz CT molecular complexity index is 469.